The first-order valence-electron chi connectivity index (χ1n) is 5.75. The third-order valence-corrected chi connectivity index (χ3v) is 38.1. The molecule has 6 nitrogen and oxygen atoms in total. The molecular formula is C10H20N2O4S2Se3. The van der Waals surface area contributed by atoms with Crippen LogP contribution >= 0.6 is 20.4 Å². The molecule has 0 heterocycles. The summed E-state index contributed by atoms with van der Waals surface area (Å²) in [6, 6.07) is -1.76. The van der Waals surface area contributed by atoms with Crippen LogP contribution in [0, 0.1) is 0 Å². The Balaban J connectivity index is 4.12. The van der Waals surface area contributed by atoms with Gasteiger partial charge in [-0.05, 0) is 0 Å². The Labute approximate surface area is 147 Å². The molecule has 21 heavy (non-hydrogen) atoms. The molecule has 0 amide bonds. The van der Waals surface area contributed by atoms with Crippen molar-refractivity contribution in [3.8, 4) is 0 Å². The molecule has 0 saturated carbocycles. The van der Waals surface area contributed by atoms with Crippen molar-refractivity contribution >= 4 is 67.6 Å². The zero-order valence-electron chi connectivity index (χ0n) is 12.1. The van der Waals surface area contributed by atoms with Crippen LogP contribution in [0.2, 0.25) is 0 Å². The number of carbonyl (C=O) groups is 2. The fourth-order valence-corrected chi connectivity index (χ4v) is 42.6. The number of nitrogens with two attached hydrogens (primary N) is 2. The minimum atomic E-state index is -0.982. The normalized spacial score (nSPS) is 15.5. The topological polar surface area (TPSA) is 127 Å². The van der Waals surface area contributed by atoms with Crippen LogP contribution in [0.3, 0.4) is 0 Å². The zero-order valence-corrected chi connectivity index (χ0v) is 18.8. The van der Waals surface area contributed by atoms with Gasteiger partial charge in [0.25, 0.3) is 0 Å². The first-order chi connectivity index (χ1) is 9.42. The van der Waals surface area contributed by atoms with E-state index in [-0.39, 0.29) is 24.0 Å². The first-order valence-corrected chi connectivity index (χ1v) is 20.1. The van der Waals surface area contributed by atoms with Gasteiger partial charge in [0.05, 0.1) is 0 Å². The Morgan fingerprint density at radius 1 is 0.905 bits per heavy atom. The summed E-state index contributed by atoms with van der Waals surface area (Å²) in [7, 11) is 3.24. The average Bonchev–Trinajstić information content (AvgIpc) is 2.35. The minimum absolute atomic E-state index is 0.278. The van der Waals surface area contributed by atoms with Gasteiger partial charge in [0, 0.05) is 0 Å². The molecule has 124 valence electrons. The number of hydrogen-bond donors (Lipinski definition) is 4. The second-order valence-corrected chi connectivity index (χ2v) is 30.1. The molecule has 6 N–H and O–H groups in total. The number of carboxylic acid groups (broad SMARTS) is 2. The Morgan fingerprint density at radius 3 is 1.43 bits per heavy atom. The van der Waals surface area contributed by atoms with E-state index >= 15 is 0 Å². The van der Waals surface area contributed by atoms with Crippen LogP contribution in [0.5, 0.6) is 0 Å². The summed E-state index contributed by atoms with van der Waals surface area (Å²) in [5.74, 6) is -1.96. The number of hydrogen-bond acceptors (Lipinski definition) is 6. The van der Waals surface area contributed by atoms with Crippen molar-refractivity contribution in [2.24, 2.45) is 11.5 Å². The summed E-state index contributed by atoms with van der Waals surface area (Å²) in [5, 5.41) is 17.9. The van der Waals surface area contributed by atoms with E-state index in [1.165, 1.54) is 0 Å². The second kappa shape index (κ2) is 9.42. The molecule has 0 aliphatic carbocycles. The van der Waals surface area contributed by atoms with Crippen LogP contribution in [-0.4, -0.2) is 79.1 Å². The van der Waals surface area contributed by atoms with E-state index in [9.17, 15) is 9.59 Å². The molecule has 11 heteroatoms. The summed E-state index contributed by atoms with van der Waals surface area (Å²) in [5.41, 5.74) is 11.3. The van der Waals surface area contributed by atoms with E-state index in [0.717, 1.165) is 0 Å². The van der Waals surface area contributed by atoms with Crippen LogP contribution in [0.1, 0.15) is 27.7 Å². The predicted octanol–water partition coefficient (Wildman–Crippen LogP) is -0.394. The van der Waals surface area contributed by atoms with Crippen molar-refractivity contribution in [1.29, 1.82) is 0 Å². The Morgan fingerprint density at radius 2 is 1.19 bits per heavy atom. The van der Waals surface area contributed by atoms with Crippen molar-refractivity contribution in [3.05, 3.63) is 0 Å². The number of rotatable bonds is 10. The van der Waals surface area contributed by atoms with E-state index in [0.29, 0.717) is 11.3 Å². The van der Waals surface area contributed by atoms with Gasteiger partial charge in [0.1, 0.15) is 0 Å². The van der Waals surface area contributed by atoms with Crippen molar-refractivity contribution in [3.63, 3.8) is 0 Å². The molecule has 0 bridgehead atoms. The van der Waals surface area contributed by atoms with E-state index in [1.807, 2.05) is 27.7 Å². The van der Waals surface area contributed by atoms with Crippen LogP contribution < -0.4 is 11.5 Å². The van der Waals surface area contributed by atoms with Gasteiger partial charge in [-0.3, -0.25) is 0 Å². The molecule has 0 aromatic heterocycles. The van der Waals surface area contributed by atoms with Gasteiger partial charge in [0.2, 0.25) is 0 Å². The summed E-state index contributed by atoms with van der Waals surface area (Å²) >= 11 is 0.945. The van der Waals surface area contributed by atoms with E-state index in [4.69, 9.17) is 21.7 Å². The molecule has 2 atom stereocenters. The second-order valence-electron chi connectivity index (χ2n) is 5.21. The van der Waals surface area contributed by atoms with Crippen LogP contribution in [0.4, 0.5) is 0 Å². The fraction of sp³-hybridized carbons (Fsp3) is 0.800. The Bertz CT molecular complexity index is 351. The average molecular weight is 533 g/mol. The van der Waals surface area contributed by atoms with Crippen LogP contribution in [-0.2, 0) is 9.59 Å². The van der Waals surface area contributed by atoms with Crippen molar-refractivity contribution in [2.45, 2.75) is 49.3 Å². The fourth-order valence-electron chi connectivity index (χ4n) is 0.913. The quantitative estimate of drug-likeness (QED) is 0.221. The Kier molecular flexibility index (Phi) is 9.92. The summed E-state index contributed by atoms with van der Waals surface area (Å²) in [4.78, 5) is 21.8. The molecule has 0 saturated heterocycles. The van der Waals surface area contributed by atoms with Crippen molar-refractivity contribution < 1.29 is 19.8 Å². The molecule has 0 spiro atoms. The summed E-state index contributed by atoms with van der Waals surface area (Å²) in [6.45, 7) is 7.38. The molecule has 0 aromatic carbocycles. The summed E-state index contributed by atoms with van der Waals surface area (Å²) in [6.07, 6.45) is 0. The third kappa shape index (κ3) is 7.97. The van der Waals surface area contributed by atoms with Gasteiger partial charge < -0.3 is 0 Å². The van der Waals surface area contributed by atoms with E-state index in [2.05, 4.69) is 0 Å². The SMILES string of the molecule is CC(C)(S[Se][Se][Se]SC(C)(C)[C@@H](N)C(=O)O)[C@@H](N)C(=O)O. The van der Waals surface area contributed by atoms with Gasteiger partial charge in [-0.2, -0.15) is 0 Å². The van der Waals surface area contributed by atoms with Crippen molar-refractivity contribution in [1.82, 2.24) is 0 Å². The maximum atomic E-state index is 10.9. The number of carboxylic acids is 2. The van der Waals surface area contributed by atoms with Gasteiger partial charge in [-0.15, -0.1) is 0 Å². The molecule has 0 radical (unpaired) electrons. The molecular weight excluding hydrogens is 513 g/mol. The standard InChI is InChI=1S/C10H20N2O4S2Se3/c1-9(2,5(11)7(13)14)17-19-21-20-18-10(3,4)6(12)8(15)16/h5-6H,11-12H2,1-4H3,(H,13,14)(H,15,16)/t5-,6-/m0/s1. The zero-order chi connectivity index (χ0) is 16.8. The third-order valence-electron chi connectivity index (χ3n) is 2.58. The van der Waals surface area contributed by atoms with Gasteiger partial charge in [0.15, 0.2) is 0 Å². The van der Waals surface area contributed by atoms with Crippen LogP contribution in [0.25, 0.3) is 0 Å². The van der Waals surface area contributed by atoms with Crippen LogP contribution in [0.15, 0.2) is 0 Å². The monoisotopic (exact) mass is 536 g/mol. The maximum absolute atomic E-state index is 10.9. The van der Waals surface area contributed by atoms with E-state index in [1.54, 1.807) is 20.4 Å². The first kappa shape index (κ1) is 22.1. The summed E-state index contributed by atoms with van der Waals surface area (Å²) < 4.78 is -0.970. The van der Waals surface area contributed by atoms with Crippen molar-refractivity contribution in [2.75, 3.05) is 0 Å². The van der Waals surface area contributed by atoms with Gasteiger partial charge in [-0.25, -0.2) is 0 Å². The predicted molar refractivity (Wildman–Crippen MR) is 91.8 cm³/mol. The van der Waals surface area contributed by atoms with Gasteiger partial charge >= 0.3 is 148 Å². The number of aliphatic carboxylic acids is 2. The molecule has 0 aliphatic heterocycles. The molecule has 0 rings (SSSR count). The van der Waals surface area contributed by atoms with Gasteiger partial charge in [-0.1, -0.05) is 0 Å². The molecule has 0 fully saturated rings. The molecule has 0 unspecified atom stereocenters. The Hall–Kier alpha value is 1.12. The molecule has 0 aromatic rings. The van der Waals surface area contributed by atoms with E-state index < -0.39 is 33.5 Å². The molecule has 0 aliphatic rings.